The van der Waals surface area contributed by atoms with Crippen molar-refractivity contribution in [3.63, 3.8) is 0 Å². The molecule has 5 nitrogen and oxygen atoms in total. The average molecular weight is 438 g/mol. The van der Waals surface area contributed by atoms with Crippen LogP contribution in [0.3, 0.4) is 0 Å². The molecule has 1 unspecified atom stereocenters. The quantitative estimate of drug-likeness (QED) is 0.364. The van der Waals surface area contributed by atoms with Crippen LogP contribution in [-0.4, -0.2) is 41.1 Å². The Morgan fingerprint density at radius 1 is 1.29 bits per heavy atom. The summed E-state index contributed by atoms with van der Waals surface area (Å²) in [4.78, 5) is 24.1. The van der Waals surface area contributed by atoms with E-state index in [9.17, 15) is 4.79 Å². The average Bonchev–Trinajstić information content (AvgIpc) is 3.18. The molecule has 0 bridgehead atoms. The van der Waals surface area contributed by atoms with Crippen molar-refractivity contribution in [3.05, 3.63) is 65.9 Å². The fourth-order valence-electron chi connectivity index (χ4n) is 3.74. The van der Waals surface area contributed by atoms with Gasteiger partial charge >= 0.3 is 51.4 Å². The first-order valence-corrected chi connectivity index (χ1v) is 10.5. The maximum absolute atomic E-state index is 12.7. The molecule has 0 spiro atoms. The Morgan fingerprint density at radius 2 is 2.16 bits per heavy atom. The second-order valence-electron chi connectivity index (χ2n) is 7.71. The Morgan fingerprint density at radius 3 is 2.94 bits per heavy atom. The molecule has 31 heavy (non-hydrogen) atoms. The number of likely N-dealkylation sites (tertiary alicyclic amines) is 1. The van der Waals surface area contributed by atoms with E-state index in [0.717, 1.165) is 36.1 Å². The minimum atomic E-state index is -0.160. The van der Waals surface area contributed by atoms with Gasteiger partial charge in [-0.25, -0.2) is 11.8 Å². The maximum atomic E-state index is 12.7. The Hall–Kier alpha value is -1.41. The normalized spacial score (nSPS) is 16.5. The Kier molecular flexibility index (Phi) is 8.95. The molecule has 2 heterocycles. The van der Waals surface area contributed by atoms with Gasteiger partial charge in [-0.05, 0) is 63.5 Å². The van der Waals surface area contributed by atoms with Crippen LogP contribution in [0.5, 0.6) is 0 Å². The minimum Gasteiger partial charge on any atom is -0.480 e. The second-order valence-corrected chi connectivity index (χ2v) is 7.71. The molecule has 1 N–H and O–H groups in total. The van der Waals surface area contributed by atoms with Gasteiger partial charge in [0, 0.05) is 22.7 Å². The molecule has 1 saturated heterocycles. The van der Waals surface area contributed by atoms with Crippen LogP contribution in [0.15, 0.2) is 53.5 Å². The fourth-order valence-corrected chi connectivity index (χ4v) is 3.74. The number of amides is 1. The summed E-state index contributed by atoms with van der Waals surface area (Å²) in [5.41, 5.74) is 3.90. The van der Waals surface area contributed by atoms with Crippen molar-refractivity contribution in [1.82, 2.24) is 9.88 Å². The van der Waals surface area contributed by atoms with Gasteiger partial charge in [0.1, 0.15) is 0 Å². The number of hydrogen-bond donors (Lipinski definition) is 1. The molecule has 1 atom stereocenters. The van der Waals surface area contributed by atoms with Gasteiger partial charge in [0.15, 0.2) is 0 Å². The third-order valence-corrected chi connectivity index (χ3v) is 5.58. The van der Waals surface area contributed by atoms with Gasteiger partial charge in [-0.3, -0.25) is 15.8 Å². The van der Waals surface area contributed by atoms with Crippen LogP contribution in [0.1, 0.15) is 42.7 Å². The Bertz CT molecular complexity index is 1080. The number of aryl methyl sites for hydroxylation is 1. The van der Waals surface area contributed by atoms with Gasteiger partial charge in [0.2, 0.25) is 0 Å². The van der Waals surface area contributed by atoms with Gasteiger partial charge in [-0.15, -0.1) is 0 Å². The van der Waals surface area contributed by atoms with Crippen LogP contribution in [0, 0.1) is 6.07 Å². The number of carbonyl (C=O) groups is 1. The van der Waals surface area contributed by atoms with E-state index in [0.29, 0.717) is 23.0 Å². The van der Waals surface area contributed by atoms with Crippen molar-refractivity contribution < 1.29 is 56.2 Å². The number of nitrogens with zero attached hydrogens (tertiary/aromatic N) is 3. The zero-order chi connectivity index (χ0) is 20.9. The largest absolute Gasteiger partial charge is 1.00 e. The number of hydrogen-bond acceptors (Lipinski definition) is 4. The SMILES string of the molecule is CCc1ccc2cc(C(=O)Nc3cc[c-]c(N=[C-]CN4CCCC4C)c3)ccc2n1.[K+]. The predicted octanol–water partition coefficient (Wildman–Crippen LogP) is 1.92. The molecule has 2 aromatic carbocycles. The number of anilines is 1. The van der Waals surface area contributed by atoms with Crippen LogP contribution < -0.4 is 56.7 Å². The monoisotopic (exact) mass is 437 g/mol. The number of fused-ring (bicyclic) bond motifs is 1. The smallest absolute Gasteiger partial charge is 0.480 e. The third-order valence-electron chi connectivity index (χ3n) is 5.58. The van der Waals surface area contributed by atoms with Crippen molar-refractivity contribution in [1.29, 1.82) is 0 Å². The summed E-state index contributed by atoms with van der Waals surface area (Å²) in [7, 11) is 0. The molecule has 1 amide bonds. The summed E-state index contributed by atoms with van der Waals surface area (Å²) in [6, 6.07) is 18.7. The molecule has 1 aliphatic rings. The first kappa shape index (κ1) is 24.2. The predicted molar refractivity (Wildman–Crippen MR) is 122 cm³/mol. The van der Waals surface area contributed by atoms with Crippen LogP contribution in [0.25, 0.3) is 10.9 Å². The summed E-state index contributed by atoms with van der Waals surface area (Å²) in [5, 5.41) is 3.90. The first-order chi connectivity index (χ1) is 14.6. The zero-order valence-corrected chi connectivity index (χ0v) is 21.6. The molecule has 4 rings (SSSR count). The molecule has 0 saturated carbocycles. The molecule has 0 aliphatic carbocycles. The molecular formula is C25H26KN4O-. The maximum Gasteiger partial charge on any atom is 1.00 e. The number of aromatic nitrogens is 1. The minimum absolute atomic E-state index is 0. The van der Waals surface area contributed by atoms with Crippen molar-refractivity contribution in [3.8, 4) is 0 Å². The van der Waals surface area contributed by atoms with E-state index < -0.39 is 0 Å². The molecule has 154 valence electrons. The third kappa shape index (κ3) is 6.31. The van der Waals surface area contributed by atoms with E-state index in [1.165, 1.54) is 12.8 Å². The molecule has 1 aliphatic heterocycles. The van der Waals surface area contributed by atoms with Crippen molar-refractivity contribution in [2.75, 3.05) is 18.4 Å². The van der Waals surface area contributed by atoms with E-state index in [2.05, 4.69) is 46.3 Å². The summed E-state index contributed by atoms with van der Waals surface area (Å²) >= 11 is 0. The second kappa shape index (κ2) is 11.5. The van der Waals surface area contributed by atoms with Crippen LogP contribution >= 0.6 is 0 Å². The van der Waals surface area contributed by atoms with Gasteiger partial charge in [-0.2, -0.15) is 18.3 Å². The van der Waals surface area contributed by atoms with E-state index in [1.807, 2.05) is 42.5 Å². The van der Waals surface area contributed by atoms with Crippen LogP contribution in [-0.2, 0) is 6.42 Å². The van der Waals surface area contributed by atoms with Crippen molar-refractivity contribution in [2.24, 2.45) is 4.99 Å². The summed E-state index contributed by atoms with van der Waals surface area (Å²) in [5.74, 6) is -0.160. The Labute approximate surface area is 226 Å². The Balaban J connectivity index is 0.00000272. The molecular weight excluding hydrogens is 411 g/mol. The number of nitrogens with one attached hydrogen (secondary N) is 1. The summed E-state index contributed by atoms with van der Waals surface area (Å²) in [6.07, 6.45) is 6.48. The van der Waals surface area contributed by atoms with Gasteiger partial charge in [0.05, 0.1) is 5.52 Å². The number of carbonyl (C=O) groups excluding carboxylic acids is 1. The van der Waals surface area contributed by atoms with E-state index >= 15 is 0 Å². The molecule has 6 heteroatoms. The van der Waals surface area contributed by atoms with Crippen molar-refractivity contribution >= 4 is 34.4 Å². The van der Waals surface area contributed by atoms with E-state index in [-0.39, 0.29) is 57.3 Å². The standard InChI is InChI=1S/C25H26N4O.K/c1-3-21-11-9-19-16-20(10-12-24(19)27-21)25(30)28-23-8-4-7-22(17-23)26-13-15-29-14-5-6-18(29)2;/h4,8-12,16-18H,3,5-6,14-15H2,1-2H3,(H,28,30);/q-2;+1. The van der Waals surface area contributed by atoms with Gasteiger partial charge < -0.3 is 15.2 Å². The molecule has 0 radical (unpaired) electrons. The van der Waals surface area contributed by atoms with Gasteiger partial charge in [-0.1, -0.05) is 18.7 Å². The number of pyridine rings is 1. The molecule has 1 fully saturated rings. The van der Waals surface area contributed by atoms with Gasteiger partial charge in [0.25, 0.3) is 5.91 Å². The molecule has 3 aromatic rings. The van der Waals surface area contributed by atoms with Crippen LogP contribution in [0.2, 0.25) is 0 Å². The van der Waals surface area contributed by atoms with E-state index in [4.69, 9.17) is 0 Å². The van der Waals surface area contributed by atoms with E-state index in [1.54, 1.807) is 6.07 Å². The number of aliphatic imine (C=N–C) groups is 1. The first-order valence-electron chi connectivity index (χ1n) is 10.5. The fraction of sp³-hybridized carbons (Fsp3) is 0.320. The number of rotatable bonds is 6. The zero-order valence-electron chi connectivity index (χ0n) is 18.5. The molecule has 1 aromatic heterocycles. The summed E-state index contributed by atoms with van der Waals surface area (Å²) in [6.45, 7) is 6.14. The number of benzene rings is 2. The van der Waals surface area contributed by atoms with Crippen LogP contribution in [0.4, 0.5) is 11.4 Å². The van der Waals surface area contributed by atoms with Crippen molar-refractivity contribution in [2.45, 2.75) is 39.2 Å². The topological polar surface area (TPSA) is 57.6 Å². The summed E-state index contributed by atoms with van der Waals surface area (Å²) < 4.78 is 0.